The van der Waals surface area contributed by atoms with Crippen LogP contribution >= 0.6 is 0 Å². The van der Waals surface area contributed by atoms with Crippen molar-refractivity contribution in [3.8, 4) is 0 Å². The second-order valence-electron chi connectivity index (χ2n) is 6.16. The fourth-order valence-corrected chi connectivity index (χ4v) is 2.20. The normalized spacial score (nSPS) is 28.0. The van der Waals surface area contributed by atoms with Gasteiger partial charge in [0.1, 0.15) is 0 Å². The van der Waals surface area contributed by atoms with Crippen molar-refractivity contribution < 1.29 is 4.74 Å². The molecule has 15 heavy (non-hydrogen) atoms. The van der Waals surface area contributed by atoms with Crippen molar-refractivity contribution in [2.24, 2.45) is 5.73 Å². The van der Waals surface area contributed by atoms with Crippen LogP contribution in [0.4, 0.5) is 0 Å². The first-order valence-corrected chi connectivity index (χ1v) is 5.87. The van der Waals surface area contributed by atoms with E-state index >= 15 is 0 Å². The maximum Gasteiger partial charge on any atom is 0.0757 e. The van der Waals surface area contributed by atoms with Crippen molar-refractivity contribution in [2.45, 2.75) is 58.3 Å². The van der Waals surface area contributed by atoms with Crippen LogP contribution in [0.3, 0.4) is 0 Å². The fraction of sp³-hybridized carbons (Fsp3) is 1.00. The molecule has 0 spiro atoms. The van der Waals surface area contributed by atoms with E-state index in [1.165, 1.54) is 0 Å². The molecule has 1 aliphatic heterocycles. The van der Waals surface area contributed by atoms with Crippen molar-refractivity contribution in [2.75, 3.05) is 19.6 Å². The third kappa shape index (κ3) is 4.96. The van der Waals surface area contributed by atoms with Gasteiger partial charge >= 0.3 is 0 Å². The van der Waals surface area contributed by atoms with E-state index in [-0.39, 0.29) is 11.1 Å². The van der Waals surface area contributed by atoms with Gasteiger partial charge in [-0.15, -0.1) is 0 Å². The van der Waals surface area contributed by atoms with Crippen LogP contribution in [0.25, 0.3) is 0 Å². The average molecular weight is 214 g/mol. The molecule has 1 heterocycles. The van der Waals surface area contributed by atoms with Crippen LogP contribution in [0, 0.1) is 0 Å². The molecule has 2 N–H and O–H groups in total. The average Bonchev–Trinajstić information content (AvgIpc) is 1.95. The Morgan fingerprint density at radius 2 is 2.07 bits per heavy atom. The lowest BCUT2D eigenvalue weighted by molar-refractivity contribution is -0.129. The molecule has 1 saturated heterocycles. The first-order valence-electron chi connectivity index (χ1n) is 5.87. The second-order valence-corrected chi connectivity index (χ2v) is 6.16. The lowest BCUT2D eigenvalue weighted by Crippen LogP contribution is -2.53. The van der Waals surface area contributed by atoms with E-state index in [9.17, 15) is 0 Å². The van der Waals surface area contributed by atoms with Gasteiger partial charge in [-0.2, -0.15) is 0 Å². The zero-order valence-corrected chi connectivity index (χ0v) is 10.8. The van der Waals surface area contributed by atoms with Crippen LogP contribution in [-0.2, 0) is 4.74 Å². The Hall–Kier alpha value is -0.120. The minimum atomic E-state index is -0.0638. The SMILES string of the molecule is CC1CN(CCC(C)(C)N)CC(C)(C)O1. The summed E-state index contributed by atoms with van der Waals surface area (Å²) in [5, 5.41) is 0. The van der Waals surface area contributed by atoms with Crippen molar-refractivity contribution in [3.05, 3.63) is 0 Å². The summed E-state index contributed by atoms with van der Waals surface area (Å²) in [6.45, 7) is 13.7. The van der Waals surface area contributed by atoms with E-state index in [0.717, 1.165) is 26.1 Å². The van der Waals surface area contributed by atoms with Gasteiger partial charge in [-0.25, -0.2) is 0 Å². The van der Waals surface area contributed by atoms with E-state index in [0.29, 0.717) is 6.10 Å². The molecule has 1 unspecified atom stereocenters. The first-order chi connectivity index (χ1) is 6.68. The number of nitrogens with zero attached hydrogens (tertiary/aromatic N) is 1. The summed E-state index contributed by atoms with van der Waals surface area (Å²) < 4.78 is 5.86. The monoisotopic (exact) mass is 214 g/mol. The van der Waals surface area contributed by atoms with Crippen LogP contribution in [-0.4, -0.2) is 41.8 Å². The zero-order chi connectivity index (χ0) is 11.7. The molecule has 0 bridgehead atoms. The van der Waals surface area contributed by atoms with Gasteiger partial charge in [-0.05, 0) is 41.0 Å². The second kappa shape index (κ2) is 4.40. The molecular formula is C12H26N2O. The van der Waals surface area contributed by atoms with E-state index in [4.69, 9.17) is 10.5 Å². The molecule has 0 aliphatic carbocycles. The molecule has 1 aliphatic rings. The van der Waals surface area contributed by atoms with Gasteiger partial charge in [0.15, 0.2) is 0 Å². The molecule has 3 heteroatoms. The minimum Gasteiger partial charge on any atom is -0.370 e. The summed E-state index contributed by atoms with van der Waals surface area (Å²) in [7, 11) is 0. The van der Waals surface area contributed by atoms with E-state index in [2.05, 4.69) is 39.5 Å². The van der Waals surface area contributed by atoms with Gasteiger partial charge in [0, 0.05) is 25.2 Å². The van der Waals surface area contributed by atoms with E-state index < -0.39 is 0 Å². The third-order valence-corrected chi connectivity index (χ3v) is 2.71. The fourth-order valence-electron chi connectivity index (χ4n) is 2.20. The standard InChI is InChI=1S/C12H26N2O/c1-10-8-14(7-6-11(2,3)13)9-12(4,5)15-10/h10H,6-9,13H2,1-5H3. The predicted molar refractivity (Wildman–Crippen MR) is 63.9 cm³/mol. The Labute approximate surface area is 94.0 Å². The predicted octanol–water partition coefficient (Wildman–Crippen LogP) is 1.61. The lowest BCUT2D eigenvalue weighted by atomic mass is 10.00. The van der Waals surface area contributed by atoms with Crippen molar-refractivity contribution in [1.82, 2.24) is 4.90 Å². The Morgan fingerprint density at radius 1 is 1.47 bits per heavy atom. The molecule has 1 rings (SSSR count). The van der Waals surface area contributed by atoms with E-state index in [1.54, 1.807) is 0 Å². The van der Waals surface area contributed by atoms with Crippen LogP contribution in [0.15, 0.2) is 0 Å². The highest BCUT2D eigenvalue weighted by molar-refractivity contribution is 4.84. The Balaban J connectivity index is 2.42. The summed E-state index contributed by atoms with van der Waals surface area (Å²) >= 11 is 0. The largest absolute Gasteiger partial charge is 0.370 e. The highest BCUT2D eigenvalue weighted by atomic mass is 16.5. The zero-order valence-electron chi connectivity index (χ0n) is 10.8. The molecule has 1 atom stereocenters. The first kappa shape index (κ1) is 12.9. The van der Waals surface area contributed by atoms with E-state index in [1.807, 2.05) is 0 Å². The molecule has 0 radical (unpaired) electrons. The molecule has 0 aromatic carbocycles. The summed E-state index contributed by atoms with van der Waals surface area (Å²) in [4.78, 5) is 2.46. The Morgan fingerprint density at radius 3 is 2.53 bits per heavy atom. The smallest absolute Gasteiger partial charge is 0.0757 e. The number of hydrogen-bond donors (Lipinski definition) is 1. The number of nitrogens with two attached hydrogens (primary N) is 1. The third-order valence-electron chi connectivity index (χ3n) is 2.71. The highest BCUT2D eigenvalue weighted by Gasteiger charge is 2.31. The molecule has 0 saturated carbocycles. The van der Waals surface area contributed by atoms with Crippen LogP contribution in [0.2, 0.25) is 0 Å². The van der Waals surface area contributed by atoms with Gasteiger partial charge < -0.3 is 10.5 Å². The maximum absolute atomic E-state index is 6.00. The van der Waals surface area contributed by atoms with Gasteiger partial charge in [-0.1, -0.05) is 0 Å². The molecule has 0 amide bonds. The summed E-state index contributed by atoms with van der Waals surface area (Å²) in [6, 6.07) is 0. The van der Waals surface area contributed by atoms with Crippen molar-refractivity contribution in [3.63, 3.8) is 0 Å². The molecule has 3 nitrogen and oxygen atoms in total. The summed E-state index contributed by atoms with van der Waals surface area (Å²) in [5.74, 6) is 0. The lowest BCUT2D eigenvalue weighted by Gasteiger charge is -2.42. The van der Waals surface area contributed by atoms with Gasteiger partial charge in [0.25, 0.3) is 0 Å². The van der Waals surface area contributed by atoms with Gasteiger partial charge in [-0.3, -0.25) is 4.90 Å². The topological polar surface area (TPSA) is 38.5 Å². The summed E-state index contributed by atoms with van der Waals surface area (Å²) in [6.07, 6.45) is 1.37. The molecule has 90 valence electrons. The highest BCUT2D eigenvalue weighted by Crippen LogP contribution is 2.21. The van der Waals surface area contributed by atoms with Crippen LogP contribution in [0.1, 0.15) is 41.0 Å². The van der Waals surface area contributed by atoms with Crippen molar-refractivity contribution in [1.29, 1.82) is 0 Å². The molecule has 0 aromatic rings. The number of ether oxygens (including phenoxy) is 1. The van der Waals surface area contributed by atoms with Crippen LogP contribution in [0.5, 0.6) is 0 Å². The molecular weight excluding hydrogens is 188 g/mol. The minimum absolute atomic E-state index is 0.0175. The molecule has 1 fully saturated rings. The summed E-state index contributed by atoms with van der Waals surface area (Å²) in [5.41, 5.74) is 5.92. The van der Waals surface area contributed by atoms with Gasteiger partial charge in [0.2, 0.25) is 0 Å². The quantitative estimate of drug-likeness (QED) is 0.776. The number of morpholine rings is 1. The van der Waals surface area contributed by atoms with Gasteiger partial charge in [0.05, 0.1) is 11.7 Å². The maximum atomic E-state index is 6.00. The van der Waals surface area contributed by atoms with Crippen LogP contribution < -0.4 is 5.73 Å². The van der Waals surface area contributed by atoms with Crippen molar-refractivity contribution >= 4 is 0 Å². The Kier molecular flexibility index (Phi) is 3.80. The molecule has 0 aromatic heterocycles. The Bertz CT molecular complexity index is 208. The number of rotatable bonds is 3. The number of hydrogen-bond acceptors (Lipinski definition) is 3.